The number of aromatic nitrogens is 3. The number of hydrogen-bond donors (Lipinski definition) is 3. The molecule has 1 amide bonds. The Bertz CT molecular complexity index is 550. The van der Waals surface area contributed by atoms with Gasteiger partial charge in [0.2, 0.25) is 0 Å². The molecule has 0 aliphatic rings. The highest BCUT2D eigenvalue weighted by Crippen LogP contribution is 2.17. The van der Waals surface area contributed by atoms with Gasteiger partial charge in [-0.2, -0.15) is 5.10 Å². The van der Waals surface area contributed by atoms with E-state index in [0.717, 1.165) is 24.3 Å². The summed E-state index contributed by atoms with van der Waals surface area (Å²) in [5, 5.41) is 12.4. The van der Waals surface area contributed by atoms with E-state index < -0.39 is 0 Å². The van der Waals surface area contributed by atoms with Crippen LogP contribution in [0.4, 0.5) is 11.4 Å². The molecule has 0 bridgehead atoms. The Hall–Kier alpha value is -2.37. The molecule has 0 radical (unpaired) electrons. The van der Waals surface area contributed by atoms with Crippen molar-refractivity contribution in [3.8, 4) is 0 Å². The number of anilines is 2. The maximum absolute atomic E-state index is 12.2. The minimum Gasteiger partial charge on any atom is -0.384 e. The highest BCUT2D eigenvalue weighted by Gasteiger charge is 2.12. The Kier molecular flexibility index (Phi) is 4.12. The molecule has 2 heterocycles. The summed E-state index contributed by atoms with van der Waals surface area (Å²) in [6.45, 7) is 4.79. The standard InChI is InChI=1S/C13H17N5O/c1-3-4-14-12-5-9(2)15-8-11(12)13(19)18-10-6-16-17-7-10/h5-8H,3-4H2,1-2H3,(H,14,15)(H,16,17)(H,18,19). The van der Waals surface area contributed by atoms with Crippen molar-refractivity contribution in [3.05, 3.63) is 35.9 Å². The summed E-state index contributed by atoms with van der Waals surface area (Å²) in [6.07, 6.45) is 5.75. The van der Waals surface area contributed by atoms with Crippen LogP contribution in [0.15, 0.2) is 24.7 Å². The van der Waals surface area contributed by atoms with E-state index in [1.54, 1.807) is 18.6 Å². The van der Waals surface area contributed by atoms with Gasteiger partial charge in [-0.15, -0.1) is 0 Å². The number of carbonyl (C=O) groups is 1. The van der Waals surface area contributed by atoms with E-state index in [9.17, 15) is 4.79 Å². The lowest BCUT2D eigenvalue weighted by Crippen LogP contribution is -2.15. The Morgan fingerprint density at radius 3 is 2.95 bits per heavy atom. The molecule has 0 fully saturated rings. The van der Waals surface area contributed by atoms with E-state index in [1.165, 1.54) is 0 Å². The molecule has 19 heavy (non-hydrogen) atoms. The summed E-state index contributed by atoms with van der Waals surface area (Å²) < 4.78 is 0. The Morgan fingerprint density at radius 2 is 2.26 bits per heavy atom. The molecule has 0 atom stereocenters. The molecule has 0 saturated heterocycles. The highest BCUT2D eigenvalue weighted by atomic mass is 16.1. The number of aryl methyl sites for hydroxylation is 1. The molecule has 2 rings (SSSR count). The van der Waals surface area contributed by atoms with Crippen LogP contribution in [0.2, 0.25) is 0 Å². The van der Waals surface area contributed by atoms with Crippen molar-refractivity contribution in [2.45, 2.75) is 20.3 Å². The summed E-state index contributed by atoms with van der Waals surface area (Å²) in [7, 11) is 0. The normalized spacial score (nSPS) is 10.2. The van der Waals surface area contributed by atoms with Gasteiger partial charge in [-0.05, 0) is 19.4 Å². The number of hydrogen-bond acceptors (Lipinski definition) is 4. The van der Waals surface area contributed by atoms with E-state index in [2.05, 4.69) is 32.7 Å². The molecule has 100 valence electrons. The fraction of sp³-hybridized carbons (Fsp3) is 0.308. The Labute approximate surface area is 111 Å². The first-order chi connectivity index (χ1) is 9.20. The summed E-state index contributed by atoms with van der Waals surface area (Å²) in [5.41, 5.74) is 2.83. The second-order valence-electron chi connectivity index (χ2n) is 4.24. The van der Waals surface area contributed by atoms with Crippen molar-refractivity contribution in [1.29, 1.82) is 0 Å². The van der Waals surface area contributed by atoms with Gasteiger partial charge in [-0.25, -0.2) is 0 Å². The number of pyridine rings is 1. The number of nitrogens with zero attached hydrogens (tertiary/aromatic N) is 2. The van der Waals surface area contributed by atoms with E-state index >= 15 is 0 Å². The van der Waals surface area contributed by atoms with E-state index in [1.807, 2.05) is 13.0 Å². The van der Waals surface area contributed by atoms with Crippen LogP contribution >= 0.6 is 0 Å². The minimum atomic E-state index is -0.201. The van der Waals surface area contributed by atoms with Crippen LogP contribution in [0.5, 0.6) is 0 Å². The minimum absolute atomic E-state index is 0.201. The summed E-state index contributed by atoms with van der Waals surface area (Å²) in [5.74, 6) is -0.201. The van der Waals surface area contributed by atoms with Gasteiger partial charge in [0.15, 0.2) is 0 Å². The number of rotatable bonds is 5. The third-order valence-electron chi connectivity index (χ3n) is 2.61. The van der Waals surface area contributed by atoms with Crippen LogP contribution in [-0.2, 0) is 0 Å². The third-order valence-corrected chi connectivity index (χ3v) is 2.61. The largest absolute Gasteiger partial charge is 0.384 e. The van der Waals surface area contributed by atoms with Gasteiger partial charge < -0.3 is 10.6 Å². The molecular weight excluding hydrogens is 242 g/mol. The molecule has 0 aromatic carbocycles. The van der Waals surface area contributed by atoms with Crippen LogP contribution in [0.25, 0.3) is 0 Å². The number of carbonyl (C=O) groups excluding carboxylic acids is 1. The molecule has 0 unspecified atom stereocenters. The molecule has 2 aromatic rings. The maximum Gasteiger partial charge on any atom is 0.259 e. The molecule has 0 spiro atoms. The molecule has 0 saturated carbocycles. The SMILES string of the molecule is CCCNc1cc(C)ncc1C(=O)Nc1cn[nH]c1. The predicted molar refractivity (Wildman–Crippen MR) is 74.3 cm³/mol. The average Bonchev–Trinajstić information content (AvgIpc) is 2.89. The van der Waals surface area contributed by atoms with E-state index in [-0.39, 0.29) is 5.91 Å². The molecule has 0 aliphatic carbocycles. The van der Waals surface area contributed by atoms with Crippen molar-refractivity contribution in [2.75, 3.05) is 17.2 Å². The summed E-state index contributed by atoms with van der Waals surface area (Å²) in [4.78, 5) is 16.3. The Balaban J connectivity index is 2.20. The zero-order valence-corrected chi connectivity index (χ0v) is 11.0. The first-order valence-corrected chi connectivity index (χ1v) is 6.21. The van der Waals surface area contributed by atoms with Crippen LogP contribution in [-0.4, -0.2) is 27.6 Å². The number of aromatic amines is 1. The smallest absolute Gasteiger partial charge is 0.259 e. The molecule has 0 aliphatic heterocycles. The van der Waals surface area contributed by atoms with E-state index in [4.69, 9.17) is 0 Å². The zero-order chi connectivity index (χ0) is 13.7. The number of amides is 1. The van der Waals surface area contributed by atoms with Gasteiger partial charge in [-0.1, -0.05) is 6.92 Å². The second kappa shape index (κ2) is 5.99. The van der Waals surface area contributed by atoms with Crippen molar-refractivity contribution in [3.63, 3.8) is 0 Å². The van der Waals surface area contributed by atoms with Crippen LogP contribution in [0, 0.1) is 6.92 Å². The van der Waals surface area contributed by atoms with Crippen LogP contribution in [0.1, 0.15) is 29.4 Å². The van der Waals surface area contributed by atoms with Gasteiger partial charge in [0.1, 0.15) is 0 Å². The fourth-order valence-corrected chi connectivity index (χ4v) is 1.66. The molecule has 3 N–H and O–H groups in total. The average molecular weight is 259 g/mol. The van der Waals surface area contributed by atoms with Gasteiger partial charge in [0, 0.05) is 24.6 Å². The van der Waals surface area contributed by atoms with Gasteiger partial charge in [0.05, 0.1) is 23.1 Å². The van der Waals surface area contributed by atoms with Gasteiger partial charge in [0.25, 0.3) is 5.91 Å². The third kappa shape index (κ3) is 3.31. The first-order valence-electron chi connectivity index (χ1n) is 6.21. The van der Waals surface area contributed by atoms with Crippen molar-refractivity contribution < 1.29 is 4.79 Å². The highest BCUT2D eigenvalue weighted by molar-refractivity contribution is 6.07. The Morgan fingerprint density at radius 1 is 1.42 bits per heavy atom. The summed E-state index contributed by atoms with van der Waals surface area (Å²) >= 11 is 0. The monoisotopic (exact) mass is 259 g/mol. The number of H-pyrrole nitrogens is 1. The van der Waals surface area contributed by atoms with Crippen LogP contribution < -0.4 is 10.6 Å². The topological polar surface area (TPSA) is 82.7 Å². The molecule has 6 nitrogen and oxygen atoms in total. The fourth-order valence-electron chi connectivity index (χ4n) is 1.66. The van der Waals surface area contributed by atoms with Crippen molar-refractivity contribution >= 4 is 17.3 Å². The van der Waals surface area contributed by atoms with Gasteiger partial charge >= 0.3 is 0 Å². The van der Waals surface area contributed by atoms with E-state index in [0.29, 0.717) is 11.3 Å². The predicted octanol–water partition coefficient (Wildman–Crippen LogP) is 2.19. The lowest BCUT2D eigenvalue weighted by atomic mass is 10.2. The lowest BCUT2D eigenvalue weighted by molar-refractivity contribution is 0.102. The first kappa shape index (κ1) is 13.1. The zero-order valence-electron chi connectivity index (χ0n) is 11.0. The second-order valence-corrected chi connectivity index (χ2v) is 4.24. The molecular formula is C13H17N5O. The lowest BCUT2D eigenvalue weighted by Gasteiger charge is -2.11. The number of nitrogens with one attached hydrogen (secondary N) is 3. The van der Waals surface area contributed by atoms with Gasteiger partial charge in [-0.3, -0.25) is 14.9 Å². The quantitative estimate of drug-likeness (QED) is 0.768. The van der Waals surface area contributed by atoms with Crippen molar-refractivity contribution in [2.24, 2.45) is 0 Å². The van der Waals surface area contributed by atoms with Crippen LogP contribution in [0.3, 0.4) is 0 Å². The summed E-state index contributed by atoms with van der Waals surface area (Å²) in [6, 6.07) is 1.87. The maximum atomic E-state index is 12.2. The molecule has 2 aromatic heterocycles. The van der Waals surface area contributed by atoms with Crippen molar-refractivity contribution in [1.82, 2.24) is 15.2 Å². The molecule has 6 heteroatoms.